The average Bonchev–Trinajstić information content (AvgIpc) is 3.21. The summed E-state index contributed by atoms with van der Waals surface area (Å²) in [4.78, 5) is 21.3. The van der Waals surface area contributed by atoms with Gasteiger partial charge < -0.3 is 4.42 Å². The Labute approximate surface area is 149 Å². The number of carbonyl (C=O) groups excluding carboxylic acids is 1. The normalized spacial score (nSPS) is 11.1. The van der Waals surface area contributed by atoms with Gasteiger partial charge >= 0.3 is 0 Å². The highest BCUT2D eigenvalue weighted by atomic mass is 16.3. The van der Waals surface area contributed by atoms with E-state index in [1.807, 2.05) is 36.4 Å². The fourth-order valence-corrected chi connectivity index (χ4v) is 2.61. The van der Waals surface area contributed by atoms with Crippen molar-refractivity contribution in [2.24, 2.45) is 5.10 Å². The maximum absolute atomic E-state index is 12.7. The van der Waals surface area contributed by atoms with Crippen LogP contribution in [-0.2, 0) is 0 Å². The molecule has 0 aliphatic carbocycles. The van der Waals surface area contributed by atoms with Crippen molar-refractivity contribution in [3.05, 3.63) is 84.6 Å². The van der Waals surface area contributed by atoms with E-state index in [-0.39, 0.29) is 5.91 Å². The quantitative estimate of drug-likeness (QED) is 0.453. The van der Waals surface area contributed by atoms with Crippen LogP contribution in [0.3, 0.4) is 0 Å². The summed E-state index contributed by atoms with van der Waals surface area (Å²) in [5.74, 6) is 0.240. The van der Waals surface area contributed by atoms with Gasteiger partial charge in [-0.2, -0.15) is 5.10 Å². The topological polar surface area (TPSA) is 80.4 Å². The van der Waals surface area contributed by atoms with Gasteiger partial charge in [0.25, 0.3) is 5.91 Å². The number of fused-ring (bicyclic) bond motifs is 1. The molecule has 0 spiro atoms. The Morgan fingerprint density at radius 1 is 1.08 bits per heavy atom. The van der Waals surface area contributed by atoms with Crippen molar-refractivity contribution < 1.29 is 9.21 Å². The Morgan fingerprint density at radius 3 is 2.73 bits per heavy atom. The molecule has 0 fully saturated rings. The van der Waals surface area contributed by atoms with E-state index in [9.17, 15) is 4.79 Å². The van der Waals surface area contributed by atoms with Crippen LogP contribution in [-0.4, -0.2) is 22.1 Å². The van der Waals surface area contributed by atoms with Gasteiger partial charge in [-0.15, -0.1) is 0 Å². The third-order valence-electron chi connectivity index (χ3n) is 3.84. The summed E-state index contributed by atoms with van der Waals surface area (Å²) >= 11 is 0. The van der Waals surface area contributed by atoms with E-state index in [0.29, 0.717) is 17.0 Å². The van der Waals surface area contributed by atoms with E-state index in [1.165, 1.54) is 6.21 Å². The summed E-state index contributed by atoms with van der Waals surface area (Å²) in [7, 11) is 0. The fourth-order valence-electron chi connectivity index (χ4n) is 2.61. The molecule has 3 heterocycles. The number of nitrogens with one attached hydrogen (secondary N) is 1. The van der Waals surface area contributed by atoms with Crippen molar-refractivity contribution in [2.75, 3.05) is 0 Å². The third-order valence-corrected chi connectivity index (χ3v) is 3.84. The lowest BCUT2D eigenvalue weighted by molar-refractivity contribution is 0.0956. The Hall–Kier alpha value is -3.80. The molecule has 0 aliphatic heterocycles. The number of para-hydroxylation sites is 1. The van der Waals surface area contributed by atoms with Gasteiger partial charge in [0.15, 0.2) is 0 Å². The van der Waals surface area contributed by atoms with Gasteiger partial charge in [0, 0.05) is 23.3 Å². The van der Waals surface area contributed by atoms with E-state index < -0.39 is 0 Å². The Morgan fingerprint density at radius 2 is 1.92 bits per heavy atom. The van der Waals surface area contributed by atoms with Crippen LogP contribution in [0.1, 0.15) is 16.1 Å². The molecule has 1 N–H and O–H groups in total. The Bertz CT molecular complexity index is 1070. The molecule has 0 saturated carbocycles. The first-order valence-electron chi connectivity index (χ1n) is 7.98. The standard InChI is InChI=1S/C20H14N4O2/c25-20(24-22-13-15-4-3-11-26-15)17-12-19(14-7-9-21-10-8-14)23-18-6-2-1-5-16(17)18/h1-13H,(H,24,25)/b22-13+. The number of amides is 1. The van der Waals surface area contributed by atoms with E-state index in [1.54, 1.807) is 36.9 Å². The van der Waals surface area contributed by atoms with Crippen molar-refractivity contribution in [1.82, 2.24) is 15.4 Å². The summed E-state index contributed by atoms with van der Waals surface area (Å²) in [5, 5.41) is 4.71. The predicted molar refractivity (Wildman–Crippen MR) is 98.7 cm³/mol. The lowest BCUT2D eigenvalue weighted by Gasteiger charge is -2.08. The second-order valence-electron chi connectivity index (χ2n) is 5.52. The average molecular weight is 342 g/mol. The minimum atomic E-state index is -0.318. The van der Waals surface area contributed by atoms with Gasteiger partial charge in [-0.05, 0) is 36.4 Å². The first-order chi connectivity index (χ1) is 12.8. The second kappa shape index (κ2) is 6.98. The molecule has 0 unspecified atom stereocenters. The van der Waals surface area contributed by atoms with Gasteiger partial charge in [0.1, 0.15) is 5.76 Å². The van der Waals surface area contributed by atoms with Crippen LogP contribution in [0.2, 0.25) is 0 Å². The van der Waals surface area contributed by atoms with Crippen LogP contribution in [0.15, 0.2) is 82.8 Å². The van der Waals surface area contributed by atoms with Gasteiger partial charge in [0.05, 0.1) is 29.3 Å². The van der Waals surface area contributed by atoms with Gasteiger partial charge in [-0.25, -0.2) is 10.4 Å². The molecule has 0 bridgehead atoms. The lowest BCUT2D eigenvalue weighted by Crippen LogP contribution is -2.18. The molecule has 4 rings (SSSR count). The maximum Gasteiger partial charge on any atom is 0.272 e. The van der Waals surface area contributed by atoms with Gasteiger partial charge in [-0.3, -0.25) is 9.78 Å². The van der Waals surface area contributed by atoms with Crippen LogP contribution in [0.25, 0.3) is 22.2 Å². The molecular weight excluding hydrogens is 328 g/mol. The second-order valence-corrected chi connectivity index (χ2v) is 5.52. The van der Waals surface area contributed by atoms with Crippen LogP contribution < -0.4 is 5.43 Å². The molecule has 6 heteroatoms. The van der Waals surface area contributed by atoms with E-state index in [4.69, 9.17) is 4.42 Å². The number of hydrazone groups is 1. The van der Waals surface area contributed by atoms with Crippen LogP contribution >= 0.6 is 0 Å². The molecule has 6 nitrogen and oxygen atoms in total. The molecule has 4 aromatic rings. The lowest BCUT2D eigenvalue weighted by atomic mass is 10.0. The van der Waals surface area contributed by atoms with Crippen molar-refractivity contribution in [2.45, 2.75) is 0 Å². The highest BCUT2D eigenvalue weighted by Gasteiger charge is 2.13. The number of rotatable bonds is 4. The van der Waals surface area contributed by atoms with Crippen LogP contribution in [0, 0.1) is 0 Å². The number of benzene rings is 1. The highest BCUT2D eigenvalue weighted by molar-refractivity contribution is 6.07. The number of carbonyl (C=O) groups is 1. The molecule has 0 aliphatic rings. The van der Waals surface area contributed by atoms with Crippen LogP contribution in [0.4, 0.5) is 0 Å². The fraction of sp³-hybridized carbons (Fsp3) is 0. The van der Waals surface area contributed by atoms with E-state index in [2.05, 4.69) is 20.5 Å². The Kier molecular flexibility index (Phi) is 4.22. The zero-order chi connectivity index (χ0) is 17.8. The summed E-state index contributed by atoms with van der Waals surface area (Å²) in [6.07, 6.45) is 6.38. The molecule has 26 heavy (non-hydrogen) atoms. The first-order valence-corrected chi connectivity index (χ1v) is 7.98. The highest BCUT2D eigenvalue weighted by Crippen LogP contribution is 2.24. The summed E-state index contributed by atoms with van der Waals surface area (Å²) < 4.78 is 5.15. The number of aromatic nitrogens is 2. The monoisotopic (exact) mass is 342 g/mol. The zero-order valence-corrected chi connectivity index (χ0v) is 13.7. The number of hydrogen-bond donors (Lipinski definition) is 1. The van der Waals surface area contributed by atoms with Crippen LogP contribution in [0.5, 0.6) is 0 Å². The molecular formula is C20H14N4O2. The first kappa shape index (κ1) is 15.7. The van der Waals surface area contributed by atoms with Crippen molar-refractivity contribution in [1.29, 1.82) is 0 Å². The minimum absolute atomic E-state index is 0.318. The smallest absolute Gasteiger partial charge is 0.272 e. The number of pyridine rings is 2. The van der Waals surface area contributed by atoms with Crippen molar-refractivity contribution >= 4 is 23.0 Å². The molecule has 3 aromatic heterocycles. The van der Waals surface area contributed by atoms with Gasteiger partial charge in [-0.1, -0.05) is 18.2 Å². The largest absolute Gasteiger partial charge is 0.463 e. The third kappa shape index (κ3) is 3.21. The molecule has 0 radical (unpaired) electrons. The van der Waals surface area contributed by atoms with Gasteiger partial charge in [0.2, 0.25) is 0 Å². The number of furan rings is 1. The molecule has 1 aromatic carbocycles. The minimum Gasteiger partial charge on any atom is -0.463 e. The number of nitrogens with zero attached hydrogens (tertiary/aromatic N) is 3. The maximum atomic E-state index is 12.7. The van der Waals surface area contributed by atoms with Crippen molar-refractivity contribution in [3.63, 3.8) is 0 Å². The predicted octanol–water partition coefficient (Wildman–Crippen LogP) is 3.65. The zero-order valence-electron chi connectivity index (χ0n) is 13.7. The molecule has 126 valence electrons. The summed E-state index contributed by atoms with van der Waals surface area (Å²) in [6.45, 7) is 0. The molecule has 0 atom stereocenters. The summed E-state index contributed by atoms with van der Waals surface area (Å²) in [5.41, 5.74) is 5.36. The summed E-state index contributed by atoms with van der Waals surface area (Å²) in [6, 6.07) is 16.5. The SMILES string of the molecule is O=C(N/N=C/c1ccco1)c1cc(-c2ccncc2)nc2ccccc12. The number of hydrogen-bond acceptors (Lipinski definition) is 5. The molecule has 1 amide bonds. The molecule has 0 saturated heterocycles. The van der Waals surface area contributed by atoms with E-state index >= 15 is 0 Å². The van der Waals surface area contributed by atoms with E-state index in [0.717, 1.165) is 16.5 Å². The van der Waals surface area contributed by atoms with Crippen molar-refractivity contribution in [3.8, 4) is 11.3 Å². The Balaban J connectivity index is 1.72.